The smallest absolute Gasteiger partial charge is 0.377 e. The third-order valence-corrected chi connectivity index (χ3v) is 2.46. The lowest BCUT2D eigenvalue weighted by Gasteiger charge is -2.13. The topological polar surface area (TPSA) is 208 Å². The number of aliphatic hydroxyl groups is 4. The highest BCUT2D eigenvalue weighted by Crippen LogP contribution is 2.20. The Labute approximate surface area is 123 Å². The van der Waals surface area contributed by atoms with Crippen molar-refractivity contribution in [2.24, 2.45) is 5.73 Å². The van der Waals surface area contributed by atoms with Gasteiger partial charge in [0.25, 0.3) is 0 Å². The van der Waals surface area contributed by atoms with Crippen molar-refractivity contribution in [2.45, 2.75) is 31.1 Å². The lowest BCUT2D eigenvalue weighted by atomic mass is 10.2. The van der Waals surface area contributed by atoms with Crippen LogP contribution in [-0.4, -0.2) is 73.4 Å². The Morgan fingerprint density at radius 3 is 2.14 bits per heavy atom. The number of hydrogen-bond acceptors (Lipinski definition) is 9. The fourth-order valence-corrected chi connectivity index (χ4v) is 1.23. The average molecular weight is 323 g/mol. The molecule has 0 aromatic rings. The van der Waals surface area contributed by atoms with E-state index in [1.54, 1.807) is 0 Å². The van der Waals surface area contributed by atoms with Crippen molar-refractivity contribution < 1.29 is 49.8 Å². The highest BCUT2D eigenvalue weighted by atomic mass is 16.6. The Morgan fingerprint density at radius 1 is 1.27 bits per heavy atom. The number of cyclic esters (lactones) is 1. The zero-order valence-electron chi connectivity index (χ0n) is 11.2. The van der Waals surface area contributed by atoms with Crippen molar-refractivity contribution in [3.63, 3.8) is 0 Å². The number of carboxylic acid groups (broad SMARTS) is 2. The molecule has 0 spiro atoms. The summed E-state index contributed by atoms with van der Waals surface area (Å²) in [6, 6.07) is -1.06. The normalized spacial score (nSPS) is 19.8. The molecule has 0 saturated carbocycles. The van der Waals surface area contributed by atoms with Crippen molar-refractivity contribution >= 4 is 17.9 Å². The molecule has 0 aromatic heterocycles. The molecule has 0 amide bonds. The lowest BCUT2D eigenvalue weighted by Crippen LogP contribution is -2.31. The summed E-state index contributed by atoms with van der Waals surface area (Å²) in [5.41, 5.74) is 5.00. The molecule has 0 saturated heterocycles. The number of carbonyl (C=O) groups excluding carboxylic acids is 1. The number of aliphatic hydroxyl groups excluding tert-OH is 4. The van der Waals surface area contributed by atoms with Crippen molar-refractivity contribution in [2.75, 3.05) is 6.61 Å². The summed E-state index contributed by atoms with van der Waals surface area (Å²) in [6.07, 6.45) is -3.00. The number of nitrogens with two attached hydrogens (primary N) is 1. The second kappa shape index (κ2) is 8.81. The van der Waals surface area contributed by atoms with E-state index in [2.05, 4.69) is 4.74 Å². The van der Waals surface area contributed by atoms with E-state index in [-0.39, 0.29) is 12.8 Å². The molecule has 0 aliphatic carbocycles. The molecule has 0 radical (unpaired) electrons. The van der Waals surface area contributed by atoms with Crippen molar-refractivity contribution in [1.29, 1.82) is 0 Å². The van der Waals surface area contributed by atoms with Gasteiger partial charge < -0.3 is 41.1 Å². The Hall–Kier alpha value is -2.37. The number of hydrogen-bond donors (Lipinski definition) is 7. The highest BCUT2D eigenvalue weighted by Gasteiger charge is 2.38. The first kappa shape index (κ1) is 19.6. The van der Waals surface area contributed by atoms with Crippen LogP contribution >= 0.6 is 0 Å². The molecule has 1 aliphatic rings. The molecule has 0 aromatic carbocycles. The van der Waals surface area contributed by atoms with Crippen LogP contribution < -0.4 is 5.73 Å². The maximum Gasteiger partial charge on any atom is 0.377 e. The van der Waals surface area contributed by atoms with E-state index in [0.717, 1.165) is 0 Å². The number of ether oxygens (including phenoxy) is 1. The van der Waals surface area contributed by atoms with Crippen LogP contribution in [0.25, 0.3) is 0 Å². The summed E-state index contributed by atoms with van der Waals surface area (Å²) in [5, 5.41) is 51.3. The summed E-state index contributed by atoms with van der Waals surface area (Å²) in [7, 11) is 0. The largest absolute Gasteiger partial charge is 0.505 e. The molecule has 11 nitrogen and oxygen atoms in total. The number of aliphatic carboxylic acids is 2. The Bertz CT molecular complexity index is 460. The van der Waals surface area contributed by atoms with Crippen LogP contribution in [0.3, 0.4) is 0 Å². The van der Waals surface area contributed by atoms with E-state index in [4.69, 9.17) is 36.4 Å². The van der Waals surface area contributed by atoms with E-state index in [1.165, 1.54) is 0 Å². The summed E-state index contributed by atoms with van der Waals surface area (Å²) in [6.45, 7) is -0.671. The van der Waals surface area contributed by atoms with Gasteiger partial charge in [0.05, 0.1) is 6.61 Å². The van der Waals surface area contributed by atoms with Gasteiger partial charge in [-0.3, -0.25) is 9.59 Å². The third-order valence-electron chi connectivity index (χ3n) is 2.46. The molecule has 1 heterocycles. The van der Waals surface area contributed by atoms with Crippen LogP contribution in [0, 0.1) is 0 Å². The van der Waals surface area contributed by atoms with Gasteiger partial charge in [0.2, 0.25) is 5.76 Å². The second-order valence-corrected chi connectivity index (χ2v) is 4.19. The lowest BCUT2D eigenvalue weighted by molar-refractivity contribution is -0.147. The van der Waals surface area contributed by atoms with Crippen molar-refractivity contribution in [3.05, 3.63) is 11.5 Å². The molecule has 0 bridgehead atoms. The SMILES string of the molecule is NC(CCC(=O)O)C(=O)O.O=C1O[C@H]([C@@H](O)CO)C(O)=C1O. The first-order valence-corrected chi connectivity index (χ1v) is 5.94. The standard InChI is InChI=1S/C6H8O6.C5H9NO4/c7-1-2(8)5-3(9)4(10)6(11)12-5;6-3(5(9)10)1-2-4(7)8/h2,5,7-10H,1H2;3H,1-2,6H2,(H,7,8)(H,9,10)/t2-,5+;/m0./s1. The fourth-order valence-electron chi connectivity index (χ4n) is 1.23. The first-order valence-electron chi connectivity index (χ1n) is 5.94. The van der Waals surface area contributed by atoms with Gasteiger partial charge in [-0.1, -0.05) is 0 Å². The summed E-state index contributed by atoms with van der Waals surface area (Å²) >= 11 is 0. The Morgan fingerprint density at radius 2 is 1.82 bits per heavy atom. The third kappa shape index (κ3) is 5.95. The second-order valence-electron chi connectivity index (χ2n) is 4.19. The average Bonchev–Trinajstić information content (AvgIpc) is 2.72. The molecule has 1 rings (SSSR count). The van der Waals surface area contributed by atoms with Gasteiger partial charge in [0, 0.05) is 6.42 Å². The van der Waals surface area contributed by atoms with Gasteiger partial charge in [-0.2, -0.15) is 0 Å². The minimum atomic E-state index is -1.42. The summed E-state index contributed by atoms with van der Waals surface area (Å²) in [4.78, 5) is 30.4. The minimum Gasteiger partial charge on any atom is -0.505 e. The maximum absolute atomic E-state index is 10.5. The van der Waals surface area contributed by atoms with Gasteiger partial charge in [-0.25, -0.2) is 4.79 Å². The zero-order chi connectivity index (χ0) is 17.4. The maximum atomic E-state index is 10.5. The van der Waals surface area contributed by atoms with Crippen molar-refractivity contribution in [3.8, 4) is 0 Å². The van der Waals surface area contributed by atoms with Crippen LogP contribution in [0.1, 0.15) is 12.8 Å². The highest BCUT2D eigenvalue weighted by molar-refractivity contribution is 5.89. The van der Waals surface area contributed by atoms with E-state index in [1.807, 2.05) is 0 Å². The molecule has 0 fully saturated rings. The van der Waals surface area contributed by atoms with Crippen LogP contribution in [0.15, 0.2) is 11.5 Å². The predicted octanol–water partition coefficient (Wildman–Crippen LogP) is -2.14. The molecule has 8 N–H and O–H groups in total. The molecule has 1 aliphatic heterocycles. The number of carbonyl (C=O) groups is 3. The number of carboxylic acids is 2. The van der Waals surface area contributed by atoms with Gasteiger partial charge in [0.15, 0.2) is 11.9 Å². The first-order chi connectivity index (χ1) is 10.1. The van der Waals surface area contributed by atoms with Gasteiger partial charge in [0.1, 0.15) is 12.1 Å². The molecular formula is C11H17NO10. The van der Waals surface area contributed by atoms with E-state index in [0.29, 0.717) is 0 Å². The summed E-state index contributed by atoms with van der Waals surface area (Å²) < 4.78 is 4.32. The molecule has 126 valence electrons. The van der Waals surface area contributed by atoms with E-state index >= 15 is 0 Å². The molecule has 11 heteroatoms. The van der Waals surface area contributed by atoms with E-state index < -0.39 is 54.3 Å². The number of rotatable bonds is 6. The van der Waals surface area contributed by atoms with Gasteiger partial charge in [-0.05, 0) is 6.42 Å². The van der Waals surface area contributed by atoms with Crippen LogP contribution in [-0.2, 0) is 19.1 Å². The Balaban J connectivity index is 0.000000409. The van der Waals surface area contributed by atoms with Gasteiger partial charge >= 0.3 is 17.9 Å². The molecular weight excluding hydrogens is 306 g/mol. The monoisotopic (exact) mass is 323 g/mol. The number of esters is 1. The van der Waals surface area contributed by atoms with Crippen LogP contribution in [0.2, 0.25) is 0 Å². The van der Waals surface area contributed by atoms with Gasteiger partial charge in [-0.15, -0.1) is 0 Å². The quantitative estimate of drug-likeness (QED) is 0.262. The minimum absolute atomic E-state index is 0.0231. The van der Waals surface area contributed by atoms with E-state index in [9.17, 15) is 14.4 Å². The molecule has 22 heavy (non-hydrogen) atoms. The van der Waals surface area contributed by atoms with Crippen molar-refractivity contribution in [1.82, 2.24) is 0 Å². The summed E-state index contributed by atoms with van der Waals surface area (Å²) in [5.74, 6) is -4.97. The predicted molar refractivity (Wildman–Crippen MR) is 67.7 cm³/mol. The van der Waals surface area contributed by atoms with Crippen LogP contribution in [0.4, 0.5) is 0 Å². The fraction of sp³-hybridized carbons (Fsp3) is 0.545. The zero-order valence-corrected chi connectivity index (χ0v) is 11.2. The molecule has 1 unspecified atom stereocenters. The molecule has 3 atom stereocenters. The van der Waals surface area contributed by atoms with Crippen LogP contribution in [0.5, 0.6) is 0 Å². The Kier molecular flexibility index (Phi) is 7.87.